The van der Waals surface area contributed by atoms with E-state index < -0.39 is 33.0 Å². The fourth-order valence-electron chi connectivity index (χ4n) is 9.78. The predicted octanol–water partition coefficient (Wildman–Crippen LogP) is 19.6. The first-order chi connectivity index (χ1) is 35.9. The highest BCUT2D eigenvalue weighted by molar-refractivity contribution is 7.42. The van der Waals surface area contributed by atoms with Crippen LogP contribution >= 0.6 is 16.8 Å². The molecule has 0 fully saturated rings. The molecule has 7 nitrogen and oxygen atoms in total. The molecule has 1 atom stereocenters. The molecule has 2 heterocycles. The first-order valence-electron chi connectivity index (χ1n) is 27.1. The van der Waals surface area contributed by atoms with Crippen LogP contribution in [0.5, 0.6) is 23.0 Å². The van der Waals surface area contributed by atoms with E-state index in [1.807, 2.05) is 18.2 Å². The van der Waals surface area contributed by atoms with Gasteiger partial charge in [-0.25, -0.2) is 0 Å². The molecule has 1 aromatic heterocycles. The summed E-state index contributed by atoms with van der Waals surface area (Å²) in [6.45, 7) is 42.1. The minimum absolute atomic E-state index is 0.187. The highest BCUT2D eigenvalue weighted by Crippen LogP contribution is 2.54. The zero-order valence-electron chi connectivity index (χ0n) is 49.1. The minimum atomic E-state index is -2.30. The second kappa shape index (κ2) is 20.6. The molecule has 11 heteroatoms. The lowest BCUT2D eigenvalue weighted by atomic mass is 9.82. The Kier molecular flexibility index (Phi) is 15.0. The summed E-state index contributed by atoms with van der Waals surface area (Å²) >= 11 is 0. The Labute approximate surface area is 463 Å². The number of benzene rings is 7. The van der Waals surface area contributed by atoms with Crippen LogP contribution in [0.2, 0.25) is 39.3 Å². The number of hydrogen-bond donors (Lipinski definition) is 0. The molecule has 0 spiro atoms. The van der Waals surface area contributed by atoms with Crippen LogP contribution in [0, 0.1) is 0 Å². The van der Waals surface area contributed by atoms with Crippen molar-refractivity contribution in [1.29, 1.82) is 0 Å². The third-order valence-electron chi connectivity index (χ3n) is 14.6. The van der Waals surface area contributed by atoms with E-state index in [9.17, 15) is 0 Å². The Bertz CT molecular complexity index is 3410. The lowest BCUT2D eigenvalue weighted by Crippen LogP contribution is -2.40. The topological polar surface area (TPSA) is 72.4 Å². The Balaban J connectivity index is 1.44. The Morgan fingerprint density at radius 1 is 0.455 bits per heavy atom. The van der Waals surface area contributed by atoms with E-state index in [0.29, 0.717) is 18.1 Å². The number of rotatable bonds is 10. The maximum absolute atomic E-state index is 7.85. The summed E-state index contributed by atoms with van der Waals surface area (Å²) in [6, 6.07) is 45.8. The third-order valence-corrected chi connectivity index (χ3v) is 20.6. The van der Waals surface area contributed by atoms with Gasteiger partial charge in [-0.2, -0.15) is 0 Å². The Hall–Kier alpha value is -5.54. The van der Waals surface area contributed by atoms with Crippen molar-refractivity contribution in [2.45, 2.75) is 151 Å². The van der Waals surface area contributed by atoms with Crippen LogP contribution in [-0.2, 0) is 32.8 Å². The van der Waals surface area contributed by atoms with Gasteiger partial charge in [-0.3, -0.25) is 4.52 Å². The van der Waals surface area contributed by atoms with Crippen molar-refractivity contribution in [3.8, 4) is 56.4 Å². The summed E-state index contributed by atoms with van der Waals surface area (Å²) in [6.07, 6.45) is 0. The van der Waals surface area contributed by atoms with Crippen LogP contribution in [-0.4, -0.2) is 23.3 Å². The molecule has 0 bridgehead atoms. The molecule has 404 valence electrons. The fraction of sp³-hybridized carbons (Fsp3) is 0.364. The lowest BCUT2D eigenvalue weighted by Gasteiger charge is -2.32. The summed E-state index contributed by atoms with van der Waals surface area (Å²) in [7, 11) is -7.01. The first kappa shape index (κ1) is 56.2. The molecule has 1 unspecified atom stereocenters. The van der Waals surface area contributed by atoms with Crippen LogP contribution < -0.4 is 28.7 Å². The van der Waals surface area contributed by atoms with Gasteiger partial charge in [0.05, 0.1) is 29.9 Å². The van der Waals surface area contributed by atoms with Crippen LogP contribution in [0.1, 0.15) is 111 Å². The number of para-hydroxylation sites is 1. The molecular formula is C66H80O7P2Si2. The average Bonchev–Trinajstić information content (AvgIpc) is 3.57. The molecule has 1 aliphatic rings. The highest BCUT2D eigenvalue weighted by atomic mass is 31.2. The van der Waals surface area contributed by atoms with E-state index in [0.717, 1.165) is 77.6 Å². The molecule has 0 amide bonds. The van der Waals surface area contributed by atoms with Gasteiger partial charge in [0.2, 0.25) is 0 Å². The summed E-state index contributed by atoms with van der Waals surface area (Å²) in [5.74, 6) is 2.77. The van der Waals surface area contributed by atoms with Crippen molar-refractivity contribution in [3.05, 3.63) is 155 Å². The predicted molar refractivity (Wildman–Crippen MR) is 332 cm³/mol. The van der Waals surface area contributed by atoms with Crippen molar-refractivity contribution in [3.63, 3.8) is 0 Å². The van der Waals surface area contributed by atoms with E-state index >= 15 is 0 Å². The molecule has 77 heavy (non-hydrogen) atoms. The van der Waals surface area contributed by atoms with E-state index in [4.69, 9.17) is 31.2 Å². The van der Waals surface area contributed by atoms with Crippen molar-refractivity contribution in [2.24, 2.45) is 0 Å². The van der Waals surface area contributed by atoms with E-state index in [1.54, 1.807) is 7.11 Å². The molecule has 0 N–H and O–H groups in total. The van der Waals surface area contributed by atoms with Gasteiger partial charge in [0, 0.05) is 38.6 Å². The molecule has 0 aliphatic carbocycles. The summed E-state index contributed by atoms with van der Waals surface area (Å²) < 4.78 is 49.4. The SMILES string of the molecule is COc1cccc2c1OP(Oc1c(-c3cc(C(C)(C)C)cc([Si](C)(C)C)c3Op3oc4c(-c5ccccc5)cc(C(C)(C)C)cc4c4cc(C(C)(C)C)cc(-c5ccccc5)c4o3)cc(C(C)(C)C)cc1[Si](C)(C)C)OC2. The summed E-state index contributed by atoms with van der Waals surface area (Å²) in [5.41, 5.74) is 12.2. The number of methoxy groups -OCH3 is 1. The highest BCUT2D eigenvalue weighted by Gasteiger charge is 2.37. The fourth-order valence-corrected chi connectivity index (χ4v) is 15.1. The minimum Gasteiger partial charge on any atom is -0.493 e. The van der Waals surface area contributed by atoms with Crippen molar-refractivity contribution in [2.75, 3.05) is 7.11 Å². The smallest absolute Gasteiger partial charge is 0.463 e. The molecule has 7 aromatic carbocycles. The largest absolute Gasteiger partial charge is 0.493 e. The van der Waals surface area contributed by atoms with Gasteiger partial charge in [-0.05, 0) is 108 Å². The zero-order chi connectivity index (χ0) is 55.8. The van der Waals surface area contributed by atoms with Gasteiger partial charge >= 0.3 is 16.8 Å². The van der Waals surface area contributed by atoms with Gasteiger partial charge < -0.3 is 26.7 Å². The van der Waals surface area contributed by atoms with Gasteiger partial charge in [0.15, 0.2) is 22.7 Å². The van der Waals surface area contributed by atoms with Crippen LogP contribution in [0.15, 0.2) is 136 Å². The van der Waals surface area contributed by atoms with E-state index in [2.05, 4.69) is 232 Å². The van der Waals surface area contributed by atoms with Gasteiger partial charge in [0.1, 0.15) is 11.5 Å². The molecular weight excluding hydrogens is 1020 g/mol. The average molecular weight is 1100 g/mol. The Morgan fingerprint density at radius 2 is 0.857 bits per heavy atom. The quantitative estimate of drug-likeness (QED) is 0.0998. The standard InChI is InChI=1S/C66H80O7P2Si2/c1-63(2,3)45-33-49(42-27-22-20-23-28-42)59-51(35-45)52-36-46(64(4,5)6)34-50(43-29-24-21-25-30-43)60(52)71-75(70-59)73-62-54(38-48(66(10,11)12)40-57(62)77(17,18)19)53-37-47(65(7,8)9)39-56(76(14,15)16)61(53)72-74-68-41-44-31-26-32-55(67-13)58(44)69-74/h20-40H,41H2,1-19H3. The van der Waals surface area contributed by atoms with Crippen LogP contribution in [0.25, 0.3) is 55.3 Å². The van der Waals surface area contributed by atoms with Gasteiger partial charge in [-0.15, -0.1) is 0 Å². The maximum atomic E-state index is 7.85. The zero-order valence-corrected chi connectivity index (χ0v) is 52.9. The van der Waals surface area contributed by atoms with Crippen molar-refractivity contribution < 1.29 is 31.2 Å². The van der Waals surface area contributed by atoms with E-state index in [-0.39, 0.29) is 21.7 Å². The molecule has 8 aromatic rings. The monoisotopic (exact) mass is 1100 g/mol. The molecule has 0 radical (unpaired) electrons. The first-order valence-corrected chi connectivity index (χ1v) is 36.2. The van der Waals surface area contributed by atoms with Crippen molar-refractivity contribution >= 4 is 65.3 Å². The molecule has 0 saturated carbocycles. The number of ether oxygens (including phenoxy) is 1. The number of fused-ring (bicyclic) bond motifs is 4. The second-order valence-electron chi connectivity index (χ2n) is 27.0. The second-order valence-corrected chi connectivity index (χ2v) is 39.1. The number of hydrogen-bond acceptors (Lipinski definition) is 7. The van der Waals surface area contributed by atoms with Crippen molar-refractivity contribution in [1.82, 2.24) is 0 Å². The van der Waals surface area contributed by atoms with Gasteiger partial charge in [-0.1, -0.05) is 207 Å². The van der Waals surface area contributed by atoms with Gasteiger partial charge in [0.25, 0.3) is 0 Å². The lowest BCUT2D eigenvalue weighted by molar-refractivity contribution is 0.228. The van der Waals surface area contributed by atoms with Crippen LogP contribution in [0.3, 0.4) is 0 Å². The normalized spacial score (nSPS) is 14.6. The summed E-state index contributed by atoms with van der Waals surface area (Å²) in [5, 5.41) is 4.27. The molecule has 9 rings (SSSR count). The third kappa shape index (κ3) is 11.8. The molecule has 0 saturated heterocycles. The summed E-state index contributed by atoms with van der Waals surface area (Å²) in [4.78, 5) is 0. The van der Waals surface area contributed by atoms with Crippen LogP contribution in [0.4, 0.5) is 0 Å². The maximum Gasteiger partial charge on any atom is 0.463 e. The molecule has 1 aliphatic heterocycles. The Morgan fingerprint density at radius 3 is 1.26 bits per heavy atom. The van der Waals surface area contributed by atoms with E-state index in [1.165, 1.54) is 27.4 Å².